The molecule has 0 aliphatic carbocycles. The number of amides is 1. The highest BCUT2D eigenvalue weighted by Gasteiger charge is 2.11. The molecule has 122 valence electrons. The maximum absolute atomic E-state index is 13.5. The first-order valence-corrected chi connectivity index (χ1v) is 8.08. The second-order valence-corrected chi connectivity index (χ2v) is 5.82. The topological polar surface area (TPSA) is 46.9 Å². The Morgan fingerprint density at radius 1 is 1.17 bits per heavy atom. The number of nitrogens with one attached hydrogen (secondary N) is 1. The van der Waals surface area contributed by atoms with Crippen molar-refractivity contribution in [2.24, 2.45) is 0 Å². The summed E-state index contributed by atoms with van der Waals surface area (Å²) in [6, 6.07) is 12.6. The molecule has 0 unspecified atom stereocenters. The molecule has 0 spiro atoms. The van der Waals surface area contributed by atoms with Gasteiger partial charge in [-0.1, -0.05) is 30.0 Å². The van der Waals surface area contributed by atoms with Gasteiger partial charge in [0.2, 0.25) is 5.91 Å². The molecule has 0 bridgehead atoms. The minimum Gasteiger partial charge on any atom is -0.323 e. The summed E-state index contributed by atoms with van der Waals surface area (Å²) in [5.74, 6) is -1.84. The summed E-state index contributed by atoms with van der Waals surface area (Å²) in [7, 11) is 0. The number of anilines is 1. The summed E-state index contributed by atoms with van der Waals surface area (Å²) < 4.78 is 28.2. The second-order valence-electron chi connectivity index (χ2n) is 4.88. The van der Waals surface area contributed by atoms with E-state index in [0.717, 1.165) is 17.8 Å². The monoisotopic (exact) mass is 345 g/mol. The van der Waals surface area contributed by atoms with Crippen LogP contribution in [0.3, 0.4) is 0 Å². The Bertz CT molecular complexity index is 852. The molecule has 3 aromatic rings. The van der Waals surface area contributed by atoms with Crippen molar-refractivity contribution >= 4 is 23.4 Å². The van der Waals surface area contributed by atoms with Crippen molar-refractivity contribution in [2.75, 3.05) is 11.1 Å². The molecule has 0 atom stereocenters. The molecule has 1 amide bonds. The molecule has 4 nitrogen and oxygen atoms in total. The van der Waals surface area contributed by atoms with Crippen molar-refractivity contribution in [2.45, 2.75) is 5.16 Å². The molecule has 2 aromatic carbocycles. The Balaban J connectivity index is 1.64. The fraction of sp³-hybridized carbons (Fsp3) is 0.0588. The maximum Gasteiger partial charge on any atom is 0.234 e. The number of thioether (sulfide) groups is 1. The van der Waals surface area contributed by atoms with Crippen molar-refractivity contribution in [3.05, 3.63) is 72.6 Å². The lowest BCUT2D eigenvalue weighted by atomic mass is 10.3. The van der Waals surface area contributed by atoms with E-state index in [9.17, 15) is 13.6 Å². The van der Waals surface area contributed by atoms with E-state index in [0.29, 0.717) is 5.16 Å². The fourth-order valence-electron chi connectivity index (χ4n) is 2.09. The molecule has 1 heterocycles. The molecule has 1 N–H and O–H groups in total. The Labute approximate surface area is 141 Å². The van der Waals surface area contributed by atoms with Gasteiger partial charge >= 0.3 is 0 Å². The van der Waals surface area contributed by atoms with Gasteiger partial charge in [0.05, 0.1) is 11.4 Å². The van der Waals surface area contributed by atoms with E-state index in [2.05, 4.69) is 10.3 Å². The van der Waals surface area contributed by atoms with Crippen molar-refractivity contribution < 1.29 is 13.6 Å². The smallest absolute Gasteiger partial charge is 0.234 e. The lowest BCUT2D eigenvalue weighted by molar-refractivity contribution is -0.113. The highest BCUT2D eigenvalue weighted by Crippen LogP contribution is 2.21. The van der Waals surface area contributed by atoms with Gasteiger partial charge in [0.15, 0.2) is 5.16 Å². The van der Waals surface area contributed by atoms with E-state index in [-0.39, 0.29) is 11.4 Å². The third-order valence-corrected chi connectivity index (χ3v) is 4.15. The van der Waals surface area contributed by atoms with Crippen LogP contribution in [0.1, 0.15) is 0 Å². The zero-order chi connectivity index (χ0) is 16.9. The summed E-state index contributed by atoms with van der Waals surface area (Å²) in [4.78, 5) is 16.2. The molecular formula is C17H13F2N3OS. The van der Waals surface area contributed by atoms with Crippen LogP contribution < -0.4 is 5.32 Å². The average Bonchev–Trinajstić information content (AvgIpc) is 3.05. The number of hydrogen-bond donors (Lipinski definition) is 1. The molecule has 0 saturated heterocycles. The van der Waals surface area contributed by atoms with Crippen LogP contribution >= 0.6 is 11.8 Å². The summed E-state index contributed by atoms with van der Waals surface area (Å²) in [6.07, 6.45) is 3.45. The summed E-state index contributed by atoms with van der Waals surface area (Å²) >= 11 is 1.23. The SMILES string of the molecule is O=C(CSc1nccn1-c1ccccc1)Nc1ccc(F)cc1F. The van der Waals surface area contributed by atoms with Gasteiger partial charge in [-0.25, -0.2) is 13.8 Å². The number of para-hydroxylation sites is 1. The first-order valence-electron chi connectivity index (χ1n) is 7.10. The van der Waals surface area contributed by atoms with Gasteiger partial charge in [-0.15, -0.1) is 0 Å². The van der Waals surface area contributed by atoms with Gasteiger partial charge in [0.25, 0.3) is 0 Å². The minimum absolute atomic E-state index is 0.0478. The summed E-state index contributed by atoms with van der Waals surface area (Å²) in [6.45, 7) is 0. The van der Waals surface area contributed by atoms with Gasteiger partial charge in [-0.3, -0.25) is 9.36 Å². The van der Waals surface area contributed by atoms with Crippen molar-refractivity contribution in [3.8, 4) is 5.69 Å². The Morgan fingerprint density at radius 2 is 1.96 bits per heavy atom. The van der Waals surface area contributed by atoms with Crippen LogP contribution in [0.5, 0.6) is 0 Å². The summed E-state index contributed by atoms with van der Waals surface area (Å²) in [5, 5.41) is 3.07. The van der Waals surface area contributed by atoms with Crippen LogP contribution in [0.4, 0.5) is 14.5 Å². The average molecular weight is 345 g/mol. The number of hydrogen-bond acceptors (Lipinski definition) is 3. The summed E-state index contributed by atoms with van der Waals surface area (Å²) in [5.41, 5.74) is 0.885. The van der Waals surface area contributed by atoms with Crippen LogP contribution in [0, 0.1) is 11.6 Å². The number of rotatable bonds is 5. The zero-order valence-electron chi connectivity index (χ0n) is 12.4. The molecule has 1 aromatic heterocycles. The predicted octanol–water partition coefficient (Wildman–Crippen LogP) is 3.88. The Kier molecular flexibility index (Phi) is 4.90. The van der Waals surface area contributed by atoms with Crippen LogP contribution in [-0.2, 0) is 4.79 Å². The lowest BCUT2D eigenvalue weighted by Crippen LogP contribution is -2.15. The second kappa shape index (κ2) is 7.27. The van der Waals surface area contributed by atoms with E-state index in [1.807, 2.05) is 34.9 Å². The number of carbonyl (C=O) groups is 1. The largest absolute Gasteiger partial charge is 0.323 e. The number of imidazole rings is 1. The van der Waals surface area contributed by atoms with Crippen LogP contribution in [0.15, 0.2) is 66.1 Å². The third kappa shape index (κ3) is 3.80. The highest BCUT2D eigenvalue weighted by molar-refractivity contribution is 7.99. The molecule has 24 heavy (non-hydrogen) atoms. The quantitative estimate of drug-likeness (QED) is 0.714. The first-order chi connectivity index (χ1) is 11.6. The normalized spacial score (nSPS) is 10.6. The van der Waals surface area contributed by atoms with Gasteiger partial charge in [-0.05, 0) is 24.3 Å². The van der Waals surface area contributed by atoms with E-state index < -0.39 is 17.5 Å². The van der Waals surface area contributed by atoms with Crippen LogP contribution in [0.25, 0.3) is 5.69 Å². The minimum atomic E-state index is -0.806. The van der Waals surface area contributed by atoms with E-state index in [1.165, 1.54) is 17.8 Å². The maximum atomic E-state index is 13.5. The molecular weight excluding hydrogens is 332 g/mol. The molecule has 0 aliphatic rings. The van der Waals surface area contributed by atoms with Gasteiger partial charge in [0, 0.05) is 24.1 Å². The van der Waals surface area contributed by atoms with Crippen molar-refractivity contribution in [1.29, 1.82) is 0 Å². The predicted molar refractivity (Wildman–Crippen MR) is 89.3 cm³/mol. The standard InChI is InChI=1S/C17H13F2N3OS/c18-12-6-7-15(14(19)10-12)21-16(23)11-24-17-20-8-9-22(17)13-4-2-1-3-5-13/h1-10H,11H2,(H,21,23). The van der Waals surface area contributed by atoms with E-state index in [4.69, 9.17) is 0 Å². The number of carbonyl (C=O) groups excluding carboxylic acids is 1. The number of halogens is 2. The molecule has 3 rings (SSSR count). The number of nitrogens with zero attached hydrogens (tertiary/aromatic N) is 2. The molecule has 0 aliphatic heterocycles. The molecule has 0 saturated carbocycles. The van der Waals surface area contributed by atoms with Crippen LogP contribution in [-0.4, -0.2) is 21.2 Å². The van der Waals surface area contributed by atoms with Gasteiger partial charge in [0.1, 0.15) is 11.6 Å². The van der Waals surface area contributed by atoms with E-state index >= 15 is 0 Å². The molecule has 0 fully saturated rings. The number of benzene rings is 2. The first kappa shape index (κ1) is 16.2. The zero-order valence-corrected chi connectivity index (χ0v) is 13.3. The molecule has 0 radical (unpaired) electrons. The fourth-order valence-corrected chi connectivity index (χ4v) is 2.86. The Morgan fingerprint density at radius 3 is 2.71 bits per heavy atom. The van der Waals surface area contributed by atoms with E-state index in [1.54, 1.807) is 12.4 Å². The van der Waals surface area contributed by atoms with Gasteiger partial charge < -0.3 is 5.32 Å². The third-order valence-electron chi connectivity index (χ3n) is 3.18. The highest BCUT2D eigenvalue weighted by atomic mass is 32.2. The number of aromatic nitrogens is 2. The Hall–Kier alpha value is -2.67. The lowest BCUT2D eigenvalue weighted by Gasteiger charge is -2.08. The van der Waals surface area contributed by atoms with Crippen molar-refractivity contribution in [3.63, 3.8) is 0 Å². The van der Waals surface area contributed by atoms with Gasteiger partial charge in [-0.2, -0.15) is 0 Å². The van der Waals surface area contributed by atoms with Crippen LogP contribution in [0.2, 0.25) is 0 Å². The van der Waals surface area contributed by atoms with Crippen molar-refractivity contribution in [1.82, 2.24) is 9.55 Å². The molecule has 7 heteroatoms.